The summed E-state index contributed by atoms with van der Waals surface area (Å²) >= 11 is 0. The fraction of sp³-hybridized carbons (Fsp3) is 0.208. The van der Waals surface area contributed by atoms with E-state index in [1.165, 1.54) is 22.1 Å². The van der Waals surface area contributed by atoms with Crippen molar-refractivity contribution in [3.8, 4) is 17.0 Å². The Bertz CT molecular complexity index is 1190. The number of nitrogens with one attached hydrogen (secondary N) is 1. The fourth-order valence-electron chi connectivity index (χ4n) is 4.14. The molecule has 1 aliphatic heterocycles. The van der Waals surface area contributed by atoms with Gasteiger partial charge in [0.15, 0.2) is 0 Å². The minimum absolute atomic E-state index is 0.0699. The minimum Gasteiger partial charge on any atom is -0.493 e. The molecule has 0 amide bonds. The van der Waals surface area contributed by atoms with Crippen LogP contribution in [0.2, 0.25) is 0 Å². The van der Waals surface area contributed by atoms with E-state index < -0.39 is 0 Å². The SMILES string of the molecule is CCOc1ccc(C2Nc3ccc(C)cc3-c3cc(C)nn32)c2ccccc12. The lowest BCUT2D eigenvalue weighted by atomic mass is 9.98. The molecule has 5 rings (SSSR count). The Morgan fingerprint density at radius 3 is 2.64 bits per heavy atom. The molecule has 0 radical (unpaired) electrons. The lowest BCUT2D eigenvalue weighted by Crippen LogP contribution is -2.26. The average Bonchev–Trinajstić information content (AvgIpc) is 3.10. The second-order valence-corrected chi connectivity index (χ2v) is 7.34. The number of benzene rings is 3. The first kappa shape index (κ1) is 16.9. The molecule has 4 aromatic rings. The number of rotatable bonds is 3. The van der Waals surface area contributed by atoms with Crippen LogP contribution in [0.4, 0.5) is 5.69 Å². The zero-order valence-electron chi connectivity index (χ0n) is 16.4. The van der Waals surface area contributed by atoms with E-state index >= 15 is 0 Å². The molecular weight excluding hydrogens is 346 g/mol. The van der Waals surface area contributed by atoms with Crippen molar-refractivity contribution in [2.24, 2.45) is 0 Å². The normalized spacial score (nSPS) is 15.0. The van der Waals surface area contributed by atoms with Crippen LogP contribution in [0, 0.1) is 13.8 Å². The first-order valence-corrected chi connectivity index (χ1v) is 9.74. The Morgan fingerprint density at radius 1 is 1.00 bits per heavy atom. The van der Waals surface area contributed by atoms with Crippen molar-refractivity contribution >= 4 is 16.5 Å². The molecular formula is C24H23N3O. The van der Waals surface area contributed by atoms with Crippen molar-refractivity contribution in [1.82, 2.24) is 9.78 Å². The van der Waals surface area contributed by atoms with Gasteiger partial charge in [-0.2, -0.15) is 5.10 Å². The van der Waals surface area contributed by atoms with Crippen LogP contribution in [0.3, 0.4) is 0 Å². The summed E-state index contributed by atoms with van der Waals surface area (Å²) in [6.45, 7) is 6.84. The predicted octanol–water partition coefficient (Wildman–Crippen LogP) is 5.69. The average molecular weight is 369 g/mol. The molecule has 1 aromatic heterocycles. The lowest BCUT2D eigenvalue weighted by molar-refractivity contribution is 0.344. The van der Waals surface area contributed by atoms with E-state index in [2.05, 4.69) is 77.6 Å². The Morgan fingerprint density at radius 2 is 1.82 bits per heavy atom. The van der Waals surface area contributed by atoms with Gasteiger partial charge in [0.25, 0.3) is 0 Å². The predicted molar refractivity (Wildman–Crippen MR) is 114 cm³/mol. The molecule has 1 atom stereocenters. The summed E-state index contributed by atoms with van der Waals surface area (Å²) in [6.07, 6.45) is -0.0699. The number of aryl methyl sites for hydroxylation is 2. The molecule has 0 aliphatic carbocycles. The zero-order valence-corrected chi connectivity index (χ0v) is 16.4. The number of hydrogen-bond acceptors (Lipinski definition) is 3. The highest BCUT2D eigenvalue weighted by Gasteiger charge is 2.28. The van der Waals surface area contributed by atoms with Crippen LogP contribution in [0.1, 0.15) is 29.9 Å². The third-order valence-electron chi connectivity index (χ3n) is 5.36. The molecule has 0 saturated heterocycles. The van der Waals surface area contributed by atoms with Gasteiger partial charge in [0.1, 0.15) is 11.9 Å². The van der Waals surface area contributed by atoms with E-state index in [1.807, 2.05) is 13.8 Å². The molecule has 0 saturated carbocycles. The van der Waals surface area contributed by atoms with Gasteiger partial charge in [0, 0.05) is 22.2 Å². The minimum atomic E-state index is -0.0699. The molecule has 0 fully saturated rings. The largest absolute Gasteiger partial charge is 0.493 e. The second-order valence-electron chi connectivity index (χ2n) is 7.34. The Labute approximate surface area is 164 Å². The fourth-order valence-corrected chi connectivity index (χ4v) is 4.14. The van der Waals surface area contributed by atoms with Crippen molar-refractivity contribution in [3.05, 3.63) is 77.5 Å². The van der Waals surface area contributed by atoms with Gasteiger partial charge in [0.2, 0.25) is 0 Å². The van der Waals surface area contributed by atoms with E-state index in [0.29, 0.717) is 6.61 Å². The second kappa shape index (κ2) is 6.41. The Hall–Kier alpha value is -3.27. The summed E-state index contributed by atoms with van der Waals surface area (Å²) in [5.74, 6) is 0.922. The maximum atomic E-state index is 5.86. The standard InChI is InChI=1S/C24H23N3O/c1-4-28-23-12-10-19(17-7-5-6-8-18(17)23)24-25-21-11-9-15(2)13-20(21)22-14-16(3)26-27(22)24/h5-14,24-25H,4H2,1-3H3. The van der Waals surface area contributed by atoms with E-state index in [0.717, 1.165) is 28.2 Å². The molecule has 0 bridgehead atoms. The first-order chi connectivity index (χ1) is 13.7. The van der Waals surface area contributed by atoms with Crippen molar-refractivity contribution in [3.63, 3.8) is 0 Å². The highest BCUT2D eigenvalue weighted by Crippen LogP contribution is 2.41. The number of nitrogens with zero attached hydrogens (tertiary/aromatic N) is 2. The molecule has 1 aliphatic rings. The zero-order chi connectivity index (χ0) is 19.3. The monoisotopic (exact) mass is 369 g/mol. The molecule has 3 aromatic carbocycles. The quantitative estimate of drug-likeness (QED) is 0.504. The molecule has 4 nitrogen and oxygen atoms in total. The Kier molecular flexibility index (Phi) is 3.86. The molecule has 0 spiro atoms. The maximum Gasteiger partial charge on any atom is 0.147 e. The van der Waals surface area contributed by atoms with Crippen molar-refractivity contribution in [1.29, 1.82) is 0 Å². The van der Waals surface area contributed by atoms with Crippen LogP contribution in [0.5, 0.6) is 5.75 Å². The van der Waals surface area contributed by atoms with Gasteiger partial charge >= 0.3 is 0 Å². The summed E-state index contributed by atoms with van der Waals surface area (Å²) in [7, 11) is 0. The van der Waals surface area contributed by atoms with E-state index in [4.69, 9.17) is 9.84 Å². The van der Waals surface area contributed by atoms with Gasteiger partial charge in [-0.25, -0.2) is 4.68 Å². The van der Waals surface area contributed by atoms with Crippen LogP contribution in [0.25, 0.3) is 22.0 Å². The van der Waals surface area contributed by atoms with Crippen molar-refractivity contribution < 1.29 is 4.74 Å². The lowest BCUT2D eigenvalue weighted by Gasteiger charge is -2.30. The van der Waals surface area contributed by atoms with Crippen LogP contribution in [-0.4, -0.2) is 16.4 Å². The molecule has 140 valence electrons. The van der Waals surface area contributed by atoms with Crippen LogP contribution in [-0.2, 0) is 0 Å². The Balaban J connectivity index is 1.73. The highest BCUT2D eigenvalue weighted by atomic mass is 16.5. The number of hydrogen-bond donors (Lipinski definition) is 1. The van der Waals surface area contributed by atoms with Crippen LogP contribution < -0.4 is 10.1 Å². The van der Waals surface area contributed by atoms with Gasteiger partial charge in [-0.05, 0) is 50.4 Å². The number of ether oxygens (including phenoxy) is 1. The summed E-state index contributed by atoms with van der Waals surface area (Å²) < 4.78 is 7.97. The van der Waals surface area contributed by atoms with Gasteiger partial charge in [-0.3, -0.25) is 0 Å². The summed E-state index contributed by atoms with van der Waals surface area (Å²) in [5.41, 5.74) is 6.95. The van der Waals surface area contributed by atoms with Gasteiger partial charge in [0.05, 0.1) is 18.0 Å². The molecule has 4 heteroatoms. The molecule has 1 N–H and O–H groups in total. The summed E-state index contributed by atoms with van der Waals surface area (Å²) in [5, 5.41) is 10.8. The molecule has 2 heterocycles. The van der Waals surface area contributed by atoms with E-state index in [-0.39, 0.29) is 6.17 Å². The maximum absolute atomic E-state index is 5.86. The first-order valence-electron chi connectivity index (χ1n) is 9.74. The van der Waals surface area contributed by atoms with Crippen molar-refractivity contribution in [2.45, 2.75) is 26.9 Å². The number of anilines is 1. The summed E-state index contributed by atoms with van der Waals surface area (Å²) in [4.78, 5) is 0. The number of fused-ring (bicyclic) bond motifs is 4. The van der Waals surface area contributed by atoms with Crippen LogP contribution >= 0.6 is 0 Å². The smallest absolute Gasteiger partial charge is 0.147 e. The van der Waals surface area contributed by atoms with Gasteiger partial charge in [-0.15, -0.1) is 0 Å². The van der Waals surface area contributed by atoms with Crippen molar-refractivity contribution in [2.75, 3.05) is 11.9 Å². The topological polar surface area (TPSA) is 39.1 Å². The van der Waals surface area contributed by atoms with Gasteiger partial charge < -0.3 is 10.1 Å². The molecule has 28 heavy (non-hydrogen) atoms. The highest BCUT2D eigenvalue weighted by molar-refractivity contribution is 5.92. The number of aromatic nitrogens is 2. The van der Waals surface area contributed by atoms with E-state index in [1.54, 1.807) is 0 Å². The van der Waals surface area contributed by atoms with Crippen LogP contribution in [0.15, 0.2) is 60.7 Å². The third-order valence-corrected chi connectivity index (χ3v) is 5.36. The summed E-state index contributed by atoms with van der Waals surface area (Å²) in [6, 6.07) is 21.4. The molecule has 1 unspecified atom stereocenters. The van der Waals surface area contributed by atoms with Gasteiger partial charge in [-0.1, -0.05) is 42.0 Å². The third kappa shape index (κ3) is 2.56. The van der Waals surface area contributed by atoms with E-state index in [9.17, 15) is 0 Å².